The molecular formula is C9H20N2O4S. The summed E-state index contributed by atoms with van der Waals surface area (Å²) in [6.45, 7) is 5.73. The maximum Gasteiger partial charge on any atom is 0.179 e. The topological polar surface area (TPSA) is 87.4 Å². The van der Waals surface area contributed by atoms with Crippen LogP contribution < -0.4 is 0 Å². The summed E-state index contributed by atoms with van der Waals surface area (Å²) in [6, 6.07) is 0. The second-order valence-corrected chi connectivity index (χ2v) is 3.99. The van der Waals surface area contributed by atoms with E-state index in [0.717, 1.165) is 9.80 Å². The number of hydrogen-bond acceptors (Lipinski definition) is 5. The van der Waals surface area contributed by atoms with Gasteiger partial charge in [-0.25, -0.2) is 0 Å². The third kappa shape index (κ3) is 3.84. The lowest BCUT2D eigenvalue weighted by Gasteiger charge is -2.39. The Bertz CT molecular complexity index is 196. The van der Waals surface area contributed by atoms with Gasteiger partial charge in [-0.2, -0.15) is 0 Å². The Labute approximate surface area is 101 Å². The Hall–Kier alpha value is -0.470. The van der Waals surface area contributed by atoms with Gasteiger partial charge in [-0.3, -0.25) is 9.80 Å². The highest BCUT2D eigenvalue weighted by Gasteiger charge is 2.28. The molecule has 0 radical (unpaired) electrons. The molecule has 4 N–H and O–H groups in total. The largest absolute Gasteiger partial charge is 0.374 e. The molecule has 7 heteroatoms. The Morgan fingerprint density at radius 3 is 1.06 bits per heavy atom. The van der Waals surface area contributed by atoms with E-state index in [1.165, 1.54) is 27.7 Å². The predicted molar refractivity (Wildman–Crippen MR) is 63.0 cm³/mol. The summed E-state index contributed by atoms with van der Waals surface area (Å²) in [5, 5.41) is 37.8. The van der Waals surface area contributed by atoms with E-state index in [1.54, 1.807) is 0 Å². The Balaban J connectivity index is 4.96. The molecule has 0 saturated carbocycles. The summed E-state index contributed by atoms with van der Waals surface area (Å²) in [6.07, 6.45) is -4.08. The first-order valence-corrected chi connectivity index (χ1v) is 5.43. The number of thiocarbonyl (C=S) groups is 1. The summed E-state index contributed by atoms with van der Waals surface area (Å²) >= 11 is 5.01. The molecule has 96 valence electrons. The van der Waals surface area contributed by atoms with E-state index in [9.17, 15) is 20.4 Å². The van der Waals surface area contributed by atoms with Crippen molar-refractivity contribution in [2.45, 2.75) is 52.6 Å². The molecule has 0 bridgehead atoms. The van der Waals surface area contributed by atoms with Crippen molar-refractivity contribution in [1.82, 2.24) is 9.80 Å². The number of nitrogens with zero attached hydrogens (tertiary/aromatic N) is 2. The summed E-state index contributed by atoms with van der Waals surface area (Å²) in [5.74, 6) is 0. The number of rotatable bonds is 4. The number of hydrogen-bond donors (Lipinski definition) is 4. The summed E-state index contributed by atoms with van der Waals surface area (Å²) in [7, 11) is 0. The van der Waals surface area contributed by atoms with E-state index in [4.69, 9.17) is 12.2 Å². The minimum absolute atomic E-state index is 0.0185. The molecule has 4 unspecified atom stereocenters. The fraction of sp³-hybridized carbons (Fsp3) is 0.889. The van der Waals surface area contributed by atoms with Crippen LogP contribution in [0.5, 0.6) is 0 Å². The van der Waals surface area contributed by atoms with E-state index in [1.807, 2.05) is 0 Å². The van der Waals surface area contributed by atoms with Crippen molar-refractivity contribution < 1.29 is 20.4 Å². The third-order valence-corrected chi connectivity index (χ3v) is 2.47. The van der Waals surface area contributed by atoms with Gasteiger partial charge in [0, 0.05) is 0 Å². The molecular weight excluding hydrogens is 232 g/mol. The van der Waals surface area contributed by atoms with Crippen molar-refractivity contribution >= 4 is 17.3 Å². The van der Waals surface area contributed by atoms with Gasteiger partial charge in [-0.05, 0) is 39.9 Å². The highest BCUT2D eigenvalue weighted by atomic mass is 32.1. The van der Waals surface area contributed by atoms with Crippen LogP contribution in [0.4, 0.5) is 0 Å². The highest BCUT2D eigenvalue weighted by Crippen LogP contribution is 2.12. The average molecular weight is 252 g/mol. The minimum Gasteiger partial charge on any atom is -0.374 e. The molecule has 0 fully saturated rings. The second-order valence-electron chi connectivity index (χ2n) is 3.62. The molecule has 0 saturated heterocycles. The average Bonchev–Trinajstić information content (AvgIpc) is 1.99. The van der Waals surface area contributed by atoms with Crippen molar-refractivity contribution in [2.24, 2.45) is 0 Å². The lowest BCUT2D eigenvalue weighted by molar-refractivity contribution is -0.0771. The highest BCUT2D eigenvalue weighted by molar-refractivity contribution is 7.80. The van der Waals surface area contributed by atoms with Gasteiger partial charge in [0.2, 0.25) is 0 Å². The molecule has 0 aromatic rings. The SMILES string of the molecule is CC(O)N(C(=S)N(C(C)O)C(C)O)C(C)O. The zero-order valence-electron chi connectivity index (χ0n) is 9.90. The minimum atomic E-state index is -1.02. The summed E-state index contributed by atoms with van der Waals surface area (Å²) < 4.78 is 0. The van der Waals surface area contributed by atoms with Crippen LogP contribution in [0.2, 0.25) is 0 Å². The van der Waals surface area contributed by atoms with E-state index in [0.29, 0.717) is 0 Å². The molecule has 0 aliphatic rings. The van der Waals surface area contributed by atoms with Gasteiger partial charge in [0.05, 0.1) is 0 Å². The molecule has 0 rings (SSSR count). The second kappa shape index (κ2) is 6.31. The van der Waals surface area contributed by atoms with Crippen LogP contribution in [0.15, 0.2) is 0 Å². The fourth-order valence-corrected chi connectivity index (χ4v) is 2.01. The van der Waals surface area contributed by atoms with Crippen LogP contribution in [-0.2, 0) is 0 Å². The van der Waals surface area contributed by atoms with Crippen LogP contribution in [0.25, 0.3) is 0 Å². The first-order valence-electron chi connectivity index (χ1n) is 5.03. The zero-order valence-corrected chi connectivity index (χ0v) is 10.7. The van der Waals surface area contributed by atoms with Crippen LogP contribution >= 0.6 is 12.2 Å². The lowest BCUT2D eigenvalue weighted by atomic mass is 10.4. The monoisotopic (exact) mass is 252 g/mol. The van der Waals surface area contributed by atoms with Crippen molar-refractivity contribution in [2.75, 3.05) is 0 Å². The smallest absolute Gasteiger partial charge is 0.179 e. The predicted octanol–water partition coefficient (Wildman–Crippen LogP) is -0.772. The Morgan fingerprint density at radius 2 is 0.938 bits per heavy atom. The molecule has 0 spiro atoms. The summed E-state index contributed by atoms with van der Waals surface area (Å²) in [5.41, 5.74) is 0. The molecule has 0 heterocycles. The fourth-order valence-electron chi connectivity index (χ4n) is 1.40. The first kappa shape index (κ1) is 15.5. The third-order valence-electron chi connectivity index (χ3n) is 2.05. The maximum absolute atomic E-state index is 9.45. The van der Waals surface area contributed by atoms with Crippen molar-refractivity contribution in [1.29, 1.82) is 0 Å². The van der Waals surface area contributed by atoms with Crippen LogP contribution in [-0.4, -0.2) is 60.2 Å². The molecule has 0 aromatic carbocycles. The molecule has 0 aliphatic carbocycles. The summed E-state index contributed by atoms with van der Waals surface area (Å²) in [4.78, 5) is 2.21. The van der Waals surface area contributed by atoms with Gasteiger partial charge in [0.25, 0.3) is 0 Å². The molecule has 0 aromatic heterocycles. The van der Waals surface area contributed by atoms with Gasteiger partial charge >= 0.3 is 0 Å². The normalized spacial score (nSPS) is 18.5. The zero-order chi connectivity index (χ0) is 13.0. The molecule has 16 heavy (non-hydrogen) atoms. The Morgan fingerprint density at radius 1 is 0.750 bits per heavy atom. The Kier molecular flexibility index (Phi) is 6.13. The standard InChI is InChI=1S/C9H20N2O4S/c1-5(12)10(6(2)13)9(16)11(7(3)14)8(4)15/h5-8,12-15H,1-4H3. The van der Waals surface area contributed by atoms with Gasteiger partial charge in [0.15, 0.2) is 5.11 Å². The number of aliphatic hydroxyl groups is 4. The van der Waals surface area contributed by atoms with Crippen molar-refractivity contribution in [3.05, 3.63) is 0 Å². The maximum atomic E-state index is 9.45. The molecule has 0 amide bonds. The van der Waals surface area contributed by atoms with E-state index < -0.39 is 24.9 Å². The van der Waals surface area contributed by atoms with Gasteiger partial charge in [-0.1, -0.05) is 0 Å². The van der Waals surface area contributed by atoms with Gasteiger partial charge < -0.3 is 20.4 Å². The van der Waals surface area contributed by atoms with E-state index in [-0.39, 0.29) is 5.11 Å². The van der Waals surface area contributed by atoms with Crippen LogP contribution in [0, 0.1) is 0 Å². The number of aliphatic hydroxyl groups excluding tert-OH is 4. The molecule has 4 atom stereocenters. The lowest BCUT2D eigenvalue weighted by Crippen LogP contribution is -2.56. The van der Waals surface area contributed by atoms with E-state index in [2.05, 4.69) is 0 Å². The molecule has 0 aliphatic heterocycles. The van der Waals surface area contributed by atoms with Crippen molar-refractivity contribution in [3.63, 3.8) is 0 Å². The first-order chi connectivity index (χ1) is 7.20. The van der Waals surface area contributed by atoms with Crippen LogP contribution in [0.3, 0.4) is 0 Å². The van der Waals surface area contributed by atoms with Crippen molar-refractivity contribution in [3.8, 4) is 0 Å². The van der Waals surface area contributed by atoms with Crippen LogP contribution in [0.1, 0.15) is 27.7 Å². The van der Waals surface area contributed by atoms with Gasteiger partial charge in [-0.15, -0.1) is 0 Å². The van der Waals surface area contributed by atoms with Gasteiger partial charge in [0.1, 0.15) is 24.9 Å². The van der Waals surface area contributed by atoms with E-state index >= 15 is 0 Å². The quantitative estimate of drug-likeness (QED) is 0.386. The molecule has 6 nitrogen and oxygen atoms in total.